The van der Waals surface area contributed by atoms with Gasteiger partial charge in [0.1, 0.15) is 5.78 Å². The zero-order valence-corrected chi connectivity index (χ0v) is 10.7. The largest absolute Gasteiger partial charge is 0.383 e. The summed E-state index contributed by atoms with van der Waals surface area (Å²) in [6.45, 7) is 3.21. The smallest absolute Gasteiger partial charge is 0.136 e. The summed E-state index contributed by atoms with van der Waals surface area (Å²) in [5, 5.41) is 8.60. The van der Waals surface area contributed by atoms with E-state index in [2.05, 4.69) is 11.0 Å². The summed E-state index contributed by atoms with van der Waals surface area (Å²) in [6.07, 6.45) is 4.35. The lowest BCUT2D eigenvalue weighted by Crippen LogP contribution is -2.31. The van der Waals surface area contributed by atoms with Crippen LogP contribution in [0.5, 0.6) is 0 Å². The van der Waals surface area contributed by atoms with E-state index in [1.165, 1.54) is 0 Å². The van der Waals surface area contributed by atoms with Crippen molar-refractivity contribution in [3.8, 4) is 6.07 Å². The SMILES string of the molecule is COCCN(CCC#N)CCC1CCCC1=O. The molecule has 0 aromatic carbocycles. The maximum absolute atomic E-state index is 11.5. The molecular weight excluding hydrogens is 216 g/mol. The van der Waals surface area contributed by atoms with Gasteiger partial charge in [-0.25, -0.2) is 0 Å². The first-order valence-electron chi connectivity index (χ1n) is 6.39. The van der Waals surface area contributed by atoms with Crippen molar-refractivity contribution >= 4 is 5.78 Å². The normalized spacial score (nSPS) is 19.8. The number of rotatable bonds is 8. The Morgan fingerprint density at radius 2 is 2.29 bits per heavy atom. The molecule has 1 saturated carbocycles. The van der Waals surface area contributed by atoms with Crippen molar-refractivity contribution in [2.24, 2.45) is 5.92 Å². The molecule has 1 aliphatic carbocycles. The van der Waals surface area contributed by atoms with Gasteiger partial charge in [-0.05, 0) is 25.8 Å². The second-order valence-electron chi connectivity index (χ2n) is 4.59. The molecule has 1 aliphatic rings. The van der Waals surface area contributed by atoms with Gasteiger partial charge in [-0.3, -0.25) is 4.79 Å². The van der Waals surface area contributed by atoms with Gasteiger partial charge in [0, 0.05) is 39.0 Å². The van der Waals surface area contributed by atoms with Crippen LogP contribution in [0.1, 0.15) is 32.1 Å². The molecule has 0 heterocycles. The highest BCUT2D eigenvalue weighted by molar-refractivity contribution is 5.82. The number of ketones is 1. The maximum atomic E-state index is 11.5. The second-order valence-corrected chi connectivity index (χ2v) is 4.59. The van der Waals surface area contributed by atoms with Crippen molar-refractivity contribution in [3.05, 3.63) is 0 Å². The molecule has 4 heteroatoms. The van der Waals surface area contributed by atoms with Crippen LogP contribution in [0.25, 0.3) is 0 Å². The van der Waals surface area contributed by atoms with E-state index in [1.54, 1.807) is 7.11 Å². The van der Waals surface area contributed by atoms with Crippen LogP contribution in [0.2, 0.25) is 0 Å². The fourth-order valence-corrected chi connectivity index (χ4v) is 2.30. The number of ether oxygens (including phenoxy) is 1. The lowest BCUT2D eigenvalue weighted by atomic mass is 10.0. The zero-order chi connectivity index (χ0) is 12.5. The van der Waals surface area contributed by atoms with Gasteiger partial charge in [0.2, 0.25) is 0 Å². The summed E-state index contributed by atoms with van der Waals surface area (Å²) in [6, 6.07) is 2.16. The Morgan fingerprint density at radius 3 is 2.88 bits per heavy atom. The maximum Gasteiger partial charge on any atom is 0.136 e. The summed E-state index contributed by atoms with van der Waals surface area (Å²) in [4.78, 5) is 13.7. The highest BCUT2D eigenvalue weighted by atomic mass is 16.5. The number of hydrogen-bond acceptors (Lipinski definition) is 4. The molecule has 0 aliphatic heterocycles. The van der Waals surface area contributed by atoms with Gasteiger partial charge in [0.25, 0.3) is 0 Å². The molecule has 1 rings (SSSR count). The molecule has 0 aromatic heterocycles. The van der Waals surface area contributed by atoms with E-state index in [-0.39, 0.29) is 5.92 Å². The van der Waals surface area contributed by atoms with Gasteiger partial charge in [-0.1, -0.05) is 0 Å². The number of hydrogen-bond donors (Lipinski definition) is 0. The summed E-state index contributed by atoms with van der Waals surface area (Å²) in [7, 11) is 1.68. The molecule has 0 amide bonds. The first kappa shape index (κ1) is 14.1. The Bertz CT molecular complexity index is 273. The fourth-order valence-electron chi connectivity index (χ4n) is 2.30. The summed E-state index contributed by atoms with van der Waals surface area (Å²) in [5.41, 5.74) is 0. The van der Waals surface area contributed by atoms with E-state index in [9.17, 15) is 4.79 Å². The molecule has 0 N–H and O–H groups in total. The van der Waals surface area contributed by atoms with Crippen LogP contribution in [0.3, 0.4) is 0 Å². The van der Waals surface area contributed by atoms with Crippen LogP contribution in [-0.4, -0.2) is 44.0 Å². The summed E-state index contributed by atoms with van der Waals surface area (Å²) < 4.78 is 5.05. The minimum absolute atomic E-state index is 0.266. The minimum atomic E-state index is 0.266. The van der Waals surface area contributed by atoms with Crippen LogP contribution < -0.4 is 0 Å². The predicted octanol–water partition coefficient (Wildman–Crippen LogP) is 1.61. The van der Waals surface area contributed by atoms with Crippen LogP contribution in [-0.2, 0) is 9.53 Å². The van der Waals surface area contributed by atoms with Gasteiger partial charge in [0.05, 0.1) is 12.7 Å². The zero-order valence-electron chi connectivity index (χ0n) is 10.7. The van der Waals surface area contributed by atoms with Crippen LogP contribution in [0.15, 0.2) is 0 Å². The Hall–Kier alpha value is -0.920. The number of carbonyl (C=O) groups is 1. The van der Waals surface area contributed by atoms with Gasteiger partial charge in [-0.2, -0.15) is 5.26 Å². The van der Waals surface area contributed by atoms with Crippen molar-refractivity contribution in [1.29, 1.82) is 5.26 Å². The van der Waals surface area contributed by atoms with E-state index < -0.39 is 0 Å². The Labute approximate surface area is 104 Å². The number of nitriles is 1. The van der Waals surface area contributed by atoms with Gasteiger partial charge < -0.3 is 9.64 Å². The van der Waals surface area contributed by atoms with Crippen molar-refractivity contribution in [3.63, 3.8) is 0 Å². The quantitative estimate of drug-likeness (QED) is 0.644. The predicted molar refractivity (Wildman–Crippen MR) is 65.5 cm³/mol. The number of nitrogens with zero attached hydrogens (tertiary/aromatic N) is 2. The number of carbonyl (C=O) groups excluding carboxylic acids is 1. The molecule has 0 bridgehead atoms. The van der Waals surface area contributed by atoms with Crippen molar-refractivity contribution in [2.45, 2.75) is 32.1 Å². The lowest BCUT2D eigenvalue weighted by Gasteiger charge is -2.22. The fraction of sp³-hybridized carbons (Fsp3) is 0.846. The molecule has 1 atom stereocenters. The van der Waals surface area contributed by atoms with E-state index in [1.807, 2.05) is 0 Å². The summed E-state index contributed by atoms with van der Waals surface area (Å²) >= 11 is 0. The van der Waals surface area contributed by atoms with Crippen molar-refractivity contribution in [1.82, 2.24) is 4.90 Å². The minimum Gasteiger partial charge on any atom is -0.383 e. The molecule has 0 spiro atoms. The first-order chi connectivity index (χ1) is 8.27. The standard InChI is InChI=1S/C13H22N2O2/c1-17-11-10-15(8-3-7-14)9-6-12-4-2-5-13(12)16/h12H,2-6,8-11H2,1H3. The summed E-state index contributed by atoms with van der Waals surface area (Å²) in [5.74, 6) is 0.694. The van der Waals surface area contributed by atoms with Crippen LogP contribution in [0.4, 0.5) is 0 Å². The van der Waals surface area contributed by atoms with Gasteiger partial charge >= 0.3 is 0 Å². The van der Waals surface area contributed by atoms with Crippen molar-refractivity contribution in [2.75, 3.05) is 33.4 Å². The topological polar surface area (TPSA) is 53.3 Å². The Morgan fingerprint density at radius 1 is 1.47 bits per heavy atom. The molecule has 96 valence electrons. The van der Waals surface area contributed by atoms with E-state index >= 15 is 0 Å². The average molecular weight is 238 g/mol. The van der Waals surface area contributed by atoms with E-state index in [4.69, 9.17) is 10.00 Å². The van der Waals surface area contributed by atoms with Crippen molar-refractivity contribution < 1.29 is 9.53 Å². The third kappa shape index (κ3) is 5.29. The molecule has 1 fully saturated rings. The molecule has 17 heavy (non-hydrogen) atoms. The molecule has 0 radical (unpaired) electrons. The third-order valence-electron chi connectivity index (χ3n) is 3.38. The van der Waals surface area contributed by atoms with Gasteiger partial charge in [-0.15, -0.1) is 0 Å². The number of methoxy groups -OCH3 is 1. The van der Waals surface area contributed by atoms with Gasteiger partial charge in [0.15, 0.2) is 0 Å². The highest BCUT2D eigenvalue weighted by Crippen LogP contribution is 2.24. The Kier molecular flexibility index (Phi) is 6.83. The first-order valence-corrected chi connectivity index (χ1v) is 6.39. The highest BCUT2D eigenvalue weighted by Gasteiger charge is 2.24. The van der Waals surface area contributed by atoms with E-state index in [0.717, 1.165) is 45.3 Å². The molecule has 0 saturated heterocycles. The van der Waals surface area contributed by atoms with E-state index in [0.29, 0.717) is 18.8 Å². The molecular formula is C13H22N2O2. The van der Waals surface area contributed by atoms with Crippen LogP contribution >= 0.6 is 0 Å². The number of Topliss-reactive ketones (excluding diaryl/α,β-unsaturated/α-hetero) is 1. The molecule has 1 unspecified atom stereocenters. The average Bonchev–Trinajstić information content (AvgIpc) is 2.74. The lowest BCUT2D eigenvalue weighted by molar-refractivity contribution is -0.120. The van der Waals surface area contributed by atoms with Crippen LogP contribution in [0, 0.1) is 17.2 Å². The molecule has 4 nitrogen and oxygen atoms in total. The monoisotopic (exact) mass is 238 g/mol. The second kappa shape index (κ2) is 8.21. The Balaban J connectivity index is 2.26. The molecule has 0 aromatic rings. The third-order valence-corrected chi connectivity index (χ3v) is 3.38.